The van der Waals surface area contributed by atoms with Crippen molar-refractivity contribution in [1.82, 2.24) is 0 Å². The first-order valence-corrected chi connectivity index (χ1v) is 8.80. The number of hydrogen-bond donors (Lipinski definition) is 1. The van der Waals surface area contributed by atoms with Crippen LogP contribution < -0.4 is 10.1 Å². The lowest BCUT2D eigenvalue weighted by Gasteiger charge is -2.11. The van der Waals surface area contributed by atoms with Crippen molar-refractivity contribution in [2.75, 3.05) is 11.9 Å². The fourth-order valence-electron chi connectivity index (χ4n) is 2.78. The summed E-state index contributed by atoms with van der Waals surface area (Å²) >= 11 is 0. The number of rotatable bonds is 7. The summed E-state index contributed by atoms with van der Waals surface area (Å²) in [4.78, 5) is 12.3. The Morgan fingerprint density at radius 2 is 1.80 bits per heavy atom. The lowest BCUT2D eigenvalue weighted by Crippen LogP contribution is -2.10. The summed E-state index contributed by atoms with van der Waals surface area (Å²) in [6.07, 6.45) is 5.47. The molecule has 0 aliphatic heterocycles. The van der Waals surface area contributed by atoms with Gasteiger partial charge in [0.2, 0.25) is 5.91 Å². The van der Waals surface area contributed by atoms with Crippen LogP contribution in [0.4, 0.5) is 5.69 Å². The molecule has 2 rings (SSSR count). The highest BCUT2D eigenvalue weighted by Gasteiger charge is 2.07. The molecule has 0 aliphatic carbocycles. The third-order valence-electron chi connectivity index (χ3n) is 4.01. The Morgan fingerprint density at radius 3 is 2.48 bits per heavy atom. The standard InChI is InChI=1S/C22H27NO2/c1-5-6-13-25-20-10-8-7-9-19(20)11-12-21(24)23-22-17(3)14-16(2)15-18(22)4/h7-12,14-15H,5-6,13H2,1-4H3,(H,23,24)/b12-11+. The smallest absolute Gasteiger partial charge is 0.248 e. The van der Waals surface area contributed by atoms with E-state index in [0.29, 0.717) is 6.61 Å². The molecule has 0 saturated heterocycles. The van der Waals surface area contributed by atoms with Gasteiger partial charge in [0.25, 0.3) is 0 Å². The molecule has 0 bridgehead atoms. The Balaban J connectivity index is 2.08. The Kier molecular flexibility index (Phi) is 6.81. The van der Waals surface area contributed by atoms with Crippen LogP contribution in [0.5, 0.6) is 5.75 Å². The Labute approximate surface area is 150 Å². The van der Waals surface area contributed by atoms with E-state index >= 15 is 0 Å². The third kappa shape index (κ3) is 5.49. The second-order valence-electron chi connectivity index (χ2n) is 6.34. The number of anilines is 1. The summed E-state index contributed by atoms with van der Waals surface area (Å²) in [6, 6.07) is 11.9. The largest absolute Gasteiger partial charge is 0.493 e. The summed E-state index contributed by atoms with van der Waals surface area (Å²) in [5, 5.41) is 2.98. The number of benzene rings is 2. The van der Waals surface area contributed by atoms with Gasteiger partial charge in [0.05, 0.1) is 6.61 Å². The minimum atomic E-state index is -0.140. The molecule has 3 heteroatoms. The molecular weight excluding hydrogens is 310 g/mol. The highest BCUT2D eigenvalue weighted by Crippen LogP contribution is 2.23. The molecule has 0 heterocycles. The van der Waals surface area contributed by atoms with E-state index in [1.54, 1.807) is 12.2 Å². The fraction of sp³-hybridized carbons (Fsp3) is 0.318. The van der Waals surface area contributed by atoms with Crippen LogP contribution in [-0.4, -0.2) is 12.5 Å². The molecule has 132 valence electrons. The lowest BCUT2D eigenvalue weighted by atomic mass is 10.1. The van der Waals surface area contributed by atoms with E-state index in [0.717, 1.165) is 41.0 Å². The monoisotopic (exact) mass is 337 g/mol. The average Bonchev–Trinajstić information content (AvgIpc) is 2.57. The van der Waals surface area contributed by atoms with Crippen molar-refractivity contribution in [2.24, 2.45) is 0 Å². The molecule has 0 saturated carbocycles. The molecule has 3 nitrogen and oxygen atoms in total. The molecule has 0 unspecified atom stereocenters. The molecule has 1 N–H and O–H groups in total. The molecule has 0 spiro atoms. The molecule has 0 radical (unpaired) electrons. The van der Waals surface area contributed by atoms with E-state index in [4.69, 9.17) is 4.74 Å². The van der Waals surface area contributed by atoms with Gasteiger partial charge in [0, 0.05) is 17.3 Å². The minimum absolute atomic E-state index is 0.140. The van der Waals surface area contributed by atoms with Crippen LogP contribution in [-0.2, 0) is 4.79 Å². The van der Waals surface area contributed by atoms with Crippen molar-refractivity contribution in [3.05, 3.63) is 64.7 Å². The number of nitrogens with one attached hydrogen (secondary N) is 1. The average molecular weight is 337 g/mol. The van der Waals surface area contributed by atoms with E-state index in [1.807, 2.05) is 38.1 Å². The van der Waals surface area contributed by atoms with Gasteiger partial charge in [-0.3, -0.25) is 4.79 Å². The maximum atomic E-state index is 12.3. The molecule has 2 aromatic carbocycles. The van der Waals surface area contributed by atoms with Gasteiger partial charge in [-0.1, -0.05) is 49.2 Å². The summed E-state index contributed by atoms with van der Waals surface area (Å²) in [5.41, 5.74) is 5.13. The molecule has 25 heavy (non-hydrogen) atoms. The van der Waals surface area contributed by atoms with Gasteiger partial charge in [0.1, 0.15) is 5.75 Å². The number of carbonyl (C=O) groups excluding carboxylic acids is 1. The van der Waals surface area contributed by atoms with E-state index in [1.165, 1.54) is 5.56 Å². The van der Waals surface area contributed by atoms with Crippen LogP contribution in [0.3, 0.4) is 0 Å². The van der Waals surface area contributed by atoms with Crippen LogP contribution in [0.2, 0.25) is 0 Å². The van der Waals surface area contributed by atoms with Crippen molar-refractivity contribution in [2.45, 2.75) is 40.5 Å². The number of amides is 1. The summed E-state index contributed by atoms with van der Waals surface area (Å²) in [7, 11) is 0. The van der Waals surface area contributed by atoms with Gasteiger partial charge in [-0.25, -0.2) is 0 Å². The molecular formula is C22H27NO2. The molecule has 0 aromatic heterocycles. The van der Waals surface area contributed by atoms with E-state index in [-0.39, 0.29) is 5.91 Å². The van der Waals surface area contributed by atoms with E-state index < -0.39 is 0 Å². The van der Waals surface area contributed by atoms with Gasteiger partial charge < -0.3 is 10.1 Å². The van der Waals surface area contributed by atoms with Gasteiger partial charge in [0.15, 0.2) is 0 Å². The third-order valence-corrected chi connectivity index (χ3v) is 4.01. The molecule has 0 fully saturated rings. The SMILES string of the molecule is CCCCOc1ccccc1/C=C/C(=O)Nc1c(C)cc(C)cc1C. The number of unbranched alkanes of at least 4 members (excludes halogenated alkanes) is 1. The summed E-state index contributed by atoms with van der Waals surface area (Å²) in [6.45, 7) is 8.90. The van der Waals surface area contributed by atoms with Crippen LogP contribution >= 0.6 is 0 Å². The van der Waals surface area contributed by atoms with Crippen LogP contribution in [0, 0.1) is 20.8 Å². The topological polar surface area (TPSA) is 38.3 Å². The first kappa shape index (κ1) is 18.8. The number of aryl methyl sites for hydroxylation is 3. The molecule has 0 atom stereocenters. The predicted octanol–water partition coefficient (Wildman–Crippen LogP) is 5.44. The zero-order valence-electron chi connectivity index (χ0n) is 15.6. The molecule has 1 amide bonds. The van der Waals surface area contributed by atoms with Gasteiger partial charge in [-0.05, 0) is 50.5 Å². The Bertz CT molecular complexity index is 739. The second-order valence-corrected chi connectivity index (χ2v) is 6.34. The molecule has 0 aliphatic rings. The summed E-state index contributed by atoms with van der Waals surface area (Å²) in [5.74, 6) is 0.668. The first-order chi connectivity index (χ1) is 12.0. The number of para-hydroxylation sites is 1. The van der Waals surface area contributed by atoms with E-state index in [9.17, 15) is 4.79 Å². The maximum Gasteiger partial charge on any atom is 0.248 e. The van der Waals surface area contributed by atoms with Crippen LogP contribution in [0.1, 0.15) is 42.0 Å². The van der Waals surface area contributed by atoms with Crippen molar-refractivity contribution in [3.8, 4) is 5.75 Å². The highest BCUT2D eigenvalue weighted by molar-refractivity contribution is 6.03. The number of carbonyl (C=O) groups is 1. The van der Waals surface area contributed by atoms with Crippen molar-refractivity contribution in [3.63, 3.8) is 0 Å². The van der Waals surface area contributed by atoms with Crippen LogP contribution in [0.15, 0.2) is 42.5 Å². The fourth-order valence-corrected chi connectivity index (χ4v) is 2.78. The van der Waals surface area contributed by atoms with Gasteiger partial charge >= 0.3 is 0 Å². The van der Waals surface area contributed by atoms with Gasteiger partial charge in [-0.2, -0.15) is 0 Å². The zero-order valence-corrected chi connectivity index (χ0v) is 15.6. The van der Waals surface area contributed by atoms with Crippen molar-refractivity contribution >= 4 is 17.7 Å². The van der Waals surface area contributed by atoms with Crippen molar-refractivity contribution in [1.29, 1.82) is 0 Å². The highest BCUT2D eigenvalue weighted by atomic mass is 16.5. The number of ether oxygens (including phenoxy) is 1. The predicted molar refractivity (Wildman–Crippen MR) is 105 cm³/mol. The lowest BCUT2D eigenvalue weighted by molar-refractivity contribution is -0.111. The van der Waals surface area contributed by atoms with Crippen molar-refractivity contribution < 1.29 is 9.53 Å². The normalized spacial score (nSPS) is 10.9. The maximum absolute atomic E-state index is 12.3. The quantitative estimate of drug-likeness (QED) is 0.539. The van der Waals surface area contributed by atoms with Gasteiger partial charge in [-0.15, -0.1) is 0 Å². The zero-order chi connectivity index (χ0) is 18.2. The molecule has 2 aromatic rings. The Hall–Kier alpha value is -2.55. The summed E-state index contributed by atoms with van der Waals surface area (Å²) < 4.78 is 5.80. The van der Waals surface area contributed by atoms with E-state index in [2.05, 4.69) is 31.3 Å². The number of hydrogen-bond acceptors (Lipinski definition) is 2. The first-order valence-electron chi connectivity index (χ1n) is 8.80. The Morgan fingerprint density at radius 1 is 1.12 bits per heavy atom. The van der Waals surface area contributed by atoms with Crippen LogP contribution in [0.25, 0.3) is 6.08 Å². The minimum Gasteiger partial charge on any atom is -0.493 e. The second kappa shape index (κ2) is 9.07.